The number of rotatable bonds is 9. The van der Waals surface area contributed by atoms with Crippen LogP contribution in [-0.4, -0.2) is 13.2 Å². The smallest absolute Gasteiger partial charge is 0.130 e. The maximum Gasteiger partial charge on any atom is 0.130 e. The van der Waals surface area contributed by atoms with E-state index in [2.05, 4.69) is 56.3 Å². The molecule has 2 saturated carbocycles. The van der Waals surface area contributed by atoms with Gasteiger partial charge in [0.15, 0.2) is 0 Å². The zero-order valence-electron chi connectivity index (χ0n) is 23.9. The summed E-state index contributed by atoms with van der Waals surface area (Å²) in [7, 11) is 0. The highest BCUT2D eigenvalue weighted by atomic mass is 19.1. The van der Waals surface area contributed by atoms with E-state index in [1.165, 1.54) is 86.5 Å². The third kappa shape index (κ3) is 6.79. The first-order valence-corrected chi connectivity index (χ1v) is 15.8. The molecule has 0 bridgehead atoms. The van der Waals surface area contributed by atoms with Crippen molar-refractivity contribution < 1.29 is 9.13 Å². The molecule has 5 rings (SSSR count). The van der Waals surface area contributed by atoms with Crippen LogP contribution < -0.4 is 0 Å². The van der Waals surface area contributed by atoms with Gasteiger partial charge in [0.1, 0.15) is 5.82 Å². The normalized spacial score (nSPS) is 28.2. The second-order valence-electron chi connectivity index (χ2n) is 12.4. The standard InChI is InChI=1S/C36H49FO/c1-3-26-5-9-28(10-6-26)29-13-15-30(16-14-29)31-17-19-33(20-18-31)35-22-21-34(25-36(35)37)32-11-7-27(8-12-32)23-24-38-4-2/h13-16,19,21-22,25-28,31-32H,3-12,17-18,20,23-24H2,1-2H3. The van der Waals surface area contributed by atoms with Crippen LogP contribution >= 0.6 is 0 Å². The number of benzene rings is 2. The van der Waals surface area contributed by atoms with Crippen molar-refractivity contribution in [1.82, 2.24) is 0 Å². The molecule has 1 unspecified atom stereocenters. The van der Waals surface area contributed by atoms with E-state index in [9.17, 15) is 0 Å². The Morgan fingerprint density at radius 2 is 1.32 bits per heavy atom. The molecule has 2 aromatic carbocycles. The lowest BCUT2D eigenvalue weighted by Crippen LogP contribution is -2.15. The molecular weight excluding hydrogens is 467 g/mol. The molecular formula is C36H49FO. The van der Waals surface area contributed by atoms with Gasteiger partial charge in [-0.3, -0.25) is 0 Å². The van der Waals surface area contributed by atoms with Crippen LogP contribution in [0.5, 0.6) is 0 Å². The Labute approximate surface area is 231 Å². The summed E-state index contributed by atoms with van der Waals surface area (Å²) < 4.78 is 20.8. The number of allylic oxidation sites excluding steroid dienone is 2. The van der Waals surface area contributed by atoms with Crippen LogP contribution in [0, 0.1) is 17.7 Å². The Hall–Kier alpha value is -1.93. The van der Waals surface area contributed by atoms with Gasteiger partial charge < -0.3 is 4.74 Å². The van der Waals surface area contributed by atoms with Gasteiger partial charge in [-0.25, -0.2) is 4.39 Å². The third-order valence-electron chi connectivity index (χ3n) is 10.2. The molecule has 2 heteroatoms. The van der Waals surface area contributed by atoms with E-state index < -0.39 is 0 Å². The average Bonchev–Trinajstić information content (AvgIpc) is 2.98. The number of ether oxygens (including phenoxy) is 1. The van der Waals surface area contributed by atoms with Crippen molar-refractivity contribution in [3.63, 3.8) is 0 Å². The minimum Gasteiger partial charge on any atom is -0.382 e. The SMILES string of the molecule is CCOCCC1CCC(c2ccc(C3=CCC(c4ccc(C5CCC(CC)CC5)cc4)CC3)c(F)c2)CC1. The fourth-order valence-corrected chi connectivity index (χ4v) is 7.55. The molecule has 0 aliphatic heterocycles. The fraction of sp³-hybridized carbons (Fsp3) is 0.611. The van der Waals surface area contributed by atoms with Gasteiger partial charge in [0.2, 0.25) is 0 Å². The van der Waals surface area contributed by atoms with Crippen molar-refractivity contribution in [3.8, 4) is 0 Å². The maximum atomic E-state index is 15.3. The number of hydrogen-bond acceptors (Lipinski definition) is 1. The predicted molar refractivity (Wildman–Crippen MR) is 158 cm³/mol. The highest BCUT2D eigenvalue weighted by Crippen LogP contribution is 2.41. The molecule has 2 aromatic rings. The molecule has 0 saturated heterocycles. The van der Waals surface area contributed by atoms with E-state index in [0.29, 0.717) is 11.8 Å². The lowest BCUT2D eigenvalue weighted by atomic mass is 9.76. The molecule has 0 N–H and O–H groups in total. The quantitative estimate of drug-likeness (QED) is 0.301. The summed E-state index contributed by atoms with van der Waals surface area (Å²) in [5, 5.41) is 0. The summed E-state index contributed by atoms with van der Waals surface area (Å²) in [4.78, 5) is 0. The van der Waals surface area contributed by atoms with Crippen LogP contribution in [0.3, 0.4) is 0 Å². The molecule has 0 spiro atoms. The minimum absolute atomic E-state index is 0.0205. The van der Waals surface area contributed by atoms with E-state index in [-0.39, 0.29) is 5.82 Å². The van der Waals surface area contributed by atoms with Crippen LogP contribution in [0.1, 0.15) is 137 Å². The zero-order chi connectivity index (χ0) is 26.3. The van der Waals surface area contributed by atoms with Crippen LogP contribution in [-0.2, 0) is 4.74 Å². The lowest BCUT2D eigenvalue weighted by molar-refractivity contribution is 0.123. The summed E-state index contributed by atoms with van der Waals surface area (Å²) in [6.07, 6.45) is 18.3. The van der Waals surface area contributed by atoms with Crippen molar-refractivity contribution in [1.29, 1.82) is 0 Å². The second kappa shape index (κ2) is 13.4. The Bertz CT molecular complexity index is 1040. The van der Waals surface area contributed by atoms with Crippen molar-refractivity contribution in [3.05, 3.63) is 76.6 Å². The summed E-state index contributed by atoms with van der Waals surface area (Å²) >= 11 is 0. The van der Waals surface area contributed by atoms with Gasteiger partial charge in [-0.15, -0.1) is 0 Å². The lowest BCUT2D eigenvalue weighted by Gasteiger charge is -2.29. The first-order valence-electron chi connectivity index (χ1n) is 15.8. The minimum atomic E-state index is -0.0205. The monoisotopic (exact) mass is 516 g/mol. The van der Waals surface area contributed by atoms with Gasteiger partial charge in [-0.05, 0) is 142 Å². The predicted octanol–water partition coefficient (Wildman–Crippen LogP) is 10.6. The van der Waals surface area contributed by atoms with E-state index in [4.69, 9.17) is 4.74 Å². The Kier molecular flexibility index (Phi) is 9.76. The molecule has 1 nitrogen and oxygen atoms in total. The third-order valence-corrected chi connectivity index (χ3v) is 10.2. The van der Waals surface area contributed by atoms with Crippen molar-refractivity contribution in [2.75, 3.05) is 13.2 Å². The van der Waals surface area contributed by atoms with E-state index in [1.54, 1.807) is 0 Å². The molecule has 1 atom stereocenters. The van der Waals surface area contributed by atoms with Gasteiger partial charge in [-0.2, -0.15) is 0 Å². The Morgan fingerprint density at radius 3 is 1.89 bits per heavy atom. The van der Waals surface area contributed by atoms with E-state index in [1.807, 2.05) is 6.07 Å². The summed E-state index contributed by atoms with van der Waals surface area (Å²) in [6.45, 7) is 6.10. The van der Waals surface area contributed by atoms with Gasteiger partial charge in [0.25, 0.3) is 0 Å². The van der Waals surface area contributed by atoms with Gasteiger partial charge in [-0.1, -0.05) is 55.8 Å². The van der Waals surface area contributed by atoms with Crippen molar-refractivity contribution >= 4 is 5.57 Å². The van der Waals surface area contributed by atoms with E-state index >= 15 is 4.39 Å². The zero-order valence-corrected chi connectivity index (χ0v) is 23.9. The van der Waals surface area contributed by atoms with Crippen molar-refractivity contribution in [2.45, 2.75) is 115 Å². The number of hydrogen-bond donors (Lipinski definition) is 0. The molecule has 3 aliphatic rings. The first kappa shape index (κ1) is 27.6. The topological polar surface area (TPSA) is 9.23 Å². The van der Waals surface area contributed by atoms with Crippen molar-refractivity contribution in [2.24, 2.45) is 11.8 Å². The largest absolute Gasteiger partial charge is 0.382 e. The molecule has 0 aromatic heterocycles. The first-order chi connectivity index (χ1) is 18.6. The Morgan fingerprint density at radius 1 is 0.711 bits per heavy atom. The van der Waals surface area contributed by atoms with Gasteiger partial charge in [0.05, 0.1) is 0 Å². The average molecular weight is 517 g/mol. The second-order valence-corrected chi connectivity index (χ2v) is 12.4. The van der Waals surface area contributed by atoms with Crippen LogP contribution in [0.25, 0.3) is 5.57 Å². The van der Waals surface area contributed by atoms with Gasteiger partial charge in [0, 0.05) is 18.8 Å². The van der Waals surface area contributed by atoms with Crippen LogP contribution in [0.2, 0.25) is 0 Å². The summed E-state index contributed by atoms with van der Waals surface area (Å²) in [6, 6.07) is 15.7. The van der Waals surface area contributed by atoms with Crippen LogP contribution in [0.4, 0.5) is 4.39 Å². The highest BCUT2D eigenvalue weighted by Gasteiger charge is 2.25. The maximum absolute atomic E-state index is 15.3. The fourth-order valence-electron chi connectivity index (χ4n) is 7.55. The summed E-state index contributed by atoms with van der Waals surface area (Å²) in [5.74, 6) is 3.53. The summed E-state index contributed by atoms with van der Waals surface area (Å²) in [5.41, 5.74) is 6.23. The molecule has 3 aliphatic carbocycles. The number of halogens is 1. The Balaban J connectivity index is 1.14. The molecule has 206 valence electrons. The molecule has 38 heavy (non-hydrogen) atoms. The molecule has 0 amide bonds. The molecule has 0 heterocycles. The highest BCUT2D eigenvalue weighted by molar-refractivity contribution is 5.67. The van der Waals surface area contributed by atoms with E-state index in [0.717, 1.165) is 55.8 Å². The molecule has 2 fully saturated rings. The van der Waals surface area contributed by atoms with Crippen LogP contribution in [0.15, 0.2) is 48.5 Å². The van der Waals surface area contributed by atoms with Gasteiger partial charge >= 0.3 is 0 Å². The molecule has 0 radical (unpaired) electrons.